The monoisotopic (exact) mass is 298 g/mol. The number of benzene rings is 1. The molecule has 0 heterocycles. The van der Waals surface area contributed by atoms with Crippen LogP contribution in [0.25, 0.3) is 0 Å². The fourth-order valence-electron chi connectivity index (χ4n) is 4.18. The molecule has 120 valence electrons. The van der Waals surface area contributed by atoms with E-state index in [1.54, 1.807) is 0 Å². The molecule has 2 aliphatic carbocycles. The molecule has 0 atom stereocenters. The molecule has 0 saturated heterocycles. The van der Waals surface area contributed by atoms with Gasteiger partial charge in [-0.3, -0.25) is 0 Å². The molecule has 0 radical (unpaired) electrons. The van der Waals surface area contributed by atoms with Crippen molar-refractivity contribution in [2.75, 3.05) is 0 Å². The van der Waals surface area contributed by atoms with Gasteiger partial charge in [0.25, 0.3) is 0 Å². The lowest BCUT2D eigenvalue weighted by atomic mass is 9.77. The second-order valence-corrected chi connectivity index (χ2v) is 7.61. The third-order valence-electron chi connectivity index (χ3n) is 5.85. The molecule has 1 aromatic rings. The molecular formula is C21H30O. The summed E-state index contributed by atoms with van der Waals surface area (Å²) in [7, 11) is 0. The zero-order valence-electron chi connectivity index (χ0n) is 13.9. The van der Waals surface area contributed by atoms with Crippen molar-refractivity contribution in [2.24, 2.45) is 17.8 Å². The number of aromatic hydroxyl groups is 1. The number of hydrogen-bond acceptors (Lipinski definition) is 1. The summed E-state index contributed by atoms with van der Waals surface area (Å²) in [5.41, 5.74) is 1.40. The highest BCUT2D eigenvalue weighted by Crippen LogP contribution is 2.37. The van der Waals surface area contributed by atoms with Gasteiger partial charge in [0, 0.05) is 0 Å². The second kappa shape index (κ2) is 7.35. The molecule has 0 unspecified atom stereocenters. The molecule has 2 aliphatic rings. The topological polar surface area (TPSA) is 20.2 Å². The highest BCUT2D eigenvalue weighted by molar-refractivity contribution is 5.28. The van der Waals surface area contributed by atoms with Crippen LogP contribution in [0.1, 0.15) is 69.8 Å². The molecule has 1 nitrogen and oxygen atoms in total. The first-order valence-corrected chi connectivity index (χ1v) is 9.18. The van der Waals surface area contributed by atoms with Crippen LogP contribution in [0.15, 0.2) is 36.4 Å². The molecular weight excluding hydrogens is 268 g/mol. The summed E-state index contributed by atoms with van der Waals surface area (Å²) >= 11 is 0. The smallest absolute Gasteiger partial charge is 0.115 e. The molecule has 0 aliphatic heterocycles. The van der Waals surface area contributed by atoms with Gasteiger partial charge in [-0.1, -0.05) is 44.1 Å². The van der Waals surface area contributed by atoms with Crippen molar-refractivity contribution in [3.63, 3.8) is 0 Å². The minimum absolute atomic E-state index is 0.377. The lowest BCUT2D eigenvalue weighted by Gasteiger charge is -2.28. The van der Waals surface area contributed by atoms with E-state index in [4.69, 9.17) is 0 Å². The van der Waals surface area contributed by atoms with Crippen molar-refractivity contribution in [3.05, 3.63) is 42.0 Å². The Labute approximate surface area is 135 Å². The van der Waals surface area contributed by atoms with Crippen LogP contribution >= 0.6 is 0 Å². The predicted octanol–water partition coefficient (Wildman–Crippen LogP) is 6.05. The van der Waals surface area contributed by atoms with Crippen LogP contribution in [0.3, 0.4) is 0 Å². The summed E-state index contributed by atoms with van der Waals surface area (Å²) in [5, 5.41) is 9.40. The van der Waals surface area contributed by atoms with Crippen LogP contribution in [0.5, 0.6) is 5.75 Å². The van der Waals surface area contributed by atoms with E-state index >= 15 is 0 Å². The lowest BCUT2D eigenvalue weighted by molar-refractivity contribution is 0.327. The van der Waals surface area contributed by atoms with E-state index in [1.165, 1.54) is 56.9 Å². The van der Waals surface area contributed by atoms with Crippen molar-refractivity contribution in [1.82, 2.24) is 0 Å². The van der Waals surface area contributed by atoms with Crippen molar-refractivity contribution >= 4 is 0 Å². The zero-order chi connectivity index (χ0) is 15.4. The van der Waals surface area contributed by atoms with Crippen molar-refractivity contribution in [2.45, 2.75) is 64.2 Å². The van der Waals surface area contributed by atoms with Crippen molar-refractivity contribution < 1.29 is 5.11 Å². The third-order valence-corrected chi connectivity index (χ3v) is 5.85. The number of hydrogen-bond donors (Lipinski definition) is 1. The maximum Gasteiger partial charge on any atom is 0.115 e. The minimum Gasteiger partial charge on any atom is -0.508 e. The van der Waals surface area contributed by atoms with Gasteiger partial charge in [0.15, 0.2) is 0 Å². The predicted molar refractivity (Wildman–Crippen MR) is 93.1 cm³/mol. The molecule has 1 heteroatoms. The summed E-state index contributed by atoms with van der Waals surface area (Å²) < 4.78 is 0. The summed E-state index contributed by atoms with van der Waals surface area (Å²) in [5.74, 6) is 3.67. The Morgan fingerprint density at radius 3 is 1.82 bits per heavy atom. The SMILES string of the molecule is CC1CCC(/C=C/C2CCC(c3ccc(O)cc3)CC2)CC1. The Morgan fingerprint density at radius 1 is 0.773 bits per heavy atom. The molecule has 2 fully saturated rings. The Morgan fingerprint density at radius 2 is 1.27 bits per heavy atom. The number of rotatable bonds is 3. The minimum atomic E-state index is 0.377. The molecule has 1 N–H and O–H groups in total. The fourth-order valence-corrected chi connectivity index (χ4v) is 4.18. The lowest BCUT2D eigenvalue weighted by Crippen LogP contribution is -2.13. The van der Waals surface area contributed by atoms with E-state index in [0.29, 0.717) is 11.7 Å². The van der Waals surface area contributed by atoms with Gasteiger partial charge in [-0.2, -0.15) is 0 Å². The summed E-state index contributed by atoms with van der Waals surface area (Å²) in [6.07, 6.45) is 16.0. The van der Waals surface area contributed by atoms with E-state index in [-0.39, 0.29) is 0 Å². The van der Waals surface area contributed by atoms with Gasteiger partial charge in [0.1, 0.15) is 5.75 Å². The summed E-state index contributed by atoms with van der Waals surface area (Å²) in [6.45, 7) is 2.39. The Balaban J connectivity index is 1.46. The van der Waals surface area contributed by atoms with E-state index in [0.717, 1.165) is 17.8 Å². The van der Waals surface area contributed by atoms with Crippen molar-refractivity contribution in [3.8, 4) is 5.75 Å². The number of phenols is 1. The van der Waals surface area contributed by atoms with Crippen molar-refractivity contribution in [1.29, 1.82) is 0 Å². The van der Waals surface area contributed by atoms with Gasteiger partial charge >= 0.3 is 0 Å². The molecule has 22 heavy (non-hydrogen) atoms. The number of allylic oxidation sites excluding steroid dienone is 2. The van der Waals surface area contributed by atoms with Crippen LogP contribution in [0.4, 0.5) is 0 Å². The first-order valence-electron chi connectivity index (χ1n) is 9.18. The van der Waals surface area contributed by atoms with Gasteiger partial charge < -0.3 is 5.11 Å². The molecule has 0 aromatic heterocycles. The zero-order valence-corrected chi connectivity index (χ0v) is 13.9. The van der Waals surface area contributed by atoms with Gasteiger partial charge in [0.2, 0.25) is 0 Å². The molecule has 0 amide bonds. The number of phenolic OH excluding ortho intramolecular Hbond substituents is 1. The largest absolute Gasteiger partial charge is 0.508 e. The van der Waals surface area contributed by atoms with E-state index in [2.05, 4.69) is 31.2 Å². The molecule has 0 bridgehead atoms. The summed E-state index contributed by atoms with van der Waals surface area (Å²) in [4.78, 5) is 0. The van der Waals surface area contributed by atoms with Gasteiger partial charge in [-0.25, -0.2) is 0 Å². The van der Waals surface area contributed by atoms with Crippen LogP contribution < -0.4 is 0 Å². The standard InChI is InChI=1S/C21H30O/c1-16-2-4-17(5-3-16)6-7-18-8-10-19(11-9-18)20-12-14-21(22)15-13-20/h6-7,12-19,22H,2-5,8-11H2,1H3/b7-6+. The second-order valence-electron chi connectivity index (χ2n) is 7.61. The molecule has 1 aromatic carbocycles. The van der Waals surface area contributed by atoms with Crippen LogP contribution in [0.2, 0.25) is 0 Å². The molecule has 2 saturated carbocycles. The fraction of sp³-hybridized carbons (Fsp3) is 0.619. The Bertz CT molecular complexity index is 471. The Kier molecular flexibility index (Phi) is 5.23. The maximum absolute atomic E-state index is 9.40. The molecule has 3 rings (SSSR count). The van der Waals surface area contributed by atoms with Gasteiger partial charge in [-0.15, -0.1) is 0 Å². The van der Waals surface area contributed by atoms with Crippen LogP contribution in [-0.4, -0.2) is 5.11 Å². The summed E-state index contributed by atoms with van der Waals surface area (Å²) in [6, 6.07) is 7.84. The van der Waals surface area contributed by atoms with E-state index in [9.17, 15) is 5.11 Å². The average Bonchev–Trinajstić information content (AvgIpc) is 2.56. The van der Waals surface area contributed by atoms with Crippen LogP contribution in [-0.2, 0) is 0 Å². The highest BCUT2D eigenvalue weighted by Gasteiger charge is 2.21. The highest BCUT2D eigenvalue weighted by atomic mass is 16.3. The maximum atomic E-state index is 9.40. The van der Waals surface area contributed by atoms with E-state index < -0.39 is 0 Å². The van der Waals surface area contributed by atoms with Gasteiger partial charge in [0.05, 0.1) is 0 Å². The Hall–Kier alpha value is -1.24. The van der Waals surface area contributed by atoms with E-state index in [1.807, 2.05) is 12.1 Å². The molecule has 0 spiro atoms. The van der Waals surface area contributed by atoms with Gasteiger partial charge in [-0.05, 0) is 79.9 Å². The quantitative estimate of drug-likeness (QED) is 0.674. The van der Waals surface area contributed by atoms with Crippen LogP contribution in [0, 0.1) is 17.8 Å². The first-order chi connectivity index (χ1) is 10.7. The third kappa shape index (κ3) is 4.15. The normalized spacial score (nSPS) is 33.1. The average molecular weight is 298 g/mol. The first kappa shape index (κ1) is 15.6.